The van der Waals surface area contributed by atoms with Gasteiger partial charge in [0.05, 0.1) is 22.3 Å². The molecule has 4 aromatic rings. The van der Waals surface area contributed by atoms with Gasteiger partial charge < -0.3 is 5.32 Å². The van der Waals surface area contributed by atoms with Crippen molar-refractivity contribution >= 4 is 34.1 Å². The average molecular weight is 427 g/mol. The van der Waals surface area contributed by atoms with Crippen molar-refractivity contribution in [2.75, 3.05) is 5.32 Å². The molecule has 0 aliphatic rings. The summed E-state index contributed by atoms with van der Waals surface area (Å²) in [6.45, 7) is 0. The van der Waals surface area contributed by atoms with E-state index in [1.807, 2.05) is 0 Å². The molecule has 0 radical (unpaired) electrons. The number of carbonyl (C=O) groups is 1. The van der Waals surface area contributed by atoms with E-state index in [0.717, 1.165) is 12.1 Å². The molecular weight excluding hydrogens is 413 g/mol. The van der Waals surface area contributed by atoms with Crippen LogP contribution in [0.2, 0.25) is 5.02 Å². The first-order valence-corrected chi connectivity index (χ1v) is 9.34. The van der Waals surface area contributed by atoms with Gasteiger partial charge in [-0.05, 0) is 36.4 Å². The monoisotopic (exact) mass is 426 g/mol. The Labute approximate surface area is 175 Å². The first kappa shape index (κ1) is 19.9. The zero-order chi connectivity index (χ0) is 21.3. The van der Waals surface area contributed by atoms with E-state index >= 15 is 0 Å². The van der Waals surface area contributed by atoms with Crippen LogP contribution in [0.3, 0.4) is 0 Å². The fourth-order valence-corrected chi connectivity index (χ4v) is 3.37. The Morgan fingerprint density at radius 2 is 1.63 bits per heavy atom. The number of amides is 1. The fraction of sp³-hybridized carbons (Fsp3) is 0.0435. The summed E-state index contributed by atoms with van der Waals surface area (Å²) < 4.78 is 38.9. The van der Waals surface area contributed by atoms with Crippen LogP contribution >= 0.6 is 11.6 Å². The third-order valence-electron chi connectivity index (χ3n) is 4.56. The van der Waals surface area contributed by atoms with E-state index in [0.29, 0.717) is 27.2 Å². The van der Waals surface area contributed by atoms with Crippen molar-refractivity contribution in [2.45, 2.75) is 6.18 Å². The number of carbonyl (C=O) groups excluding carboxylic acids is 1. The Bertz CT molecular complexity index is 1250. The van der Waals surface area contributed by atoms with Crippen LogP contribution in [0.25, 0.3) is 22.2 Å². The van der Waals surface area contributed by atoms with Crippen molar-refractivity contribution in [3.8, 4) is 11.3 Å². The summed E-state index contributed by atoms with van der Waals surface area (Å²) in [4.78, 5) is 17.6. The van der Waals surface area contributed by atoms with E-state index < -0.39 is 17.6 Å². The van der Waals surface area contributed by atoms with E-state index in [9.17, 15) is 18.0 Å². The standard InChI is InChI=1S/C23H14ClF3N2O/c24-19-10-3-1-9-17(19)21-13-18(16-8-2-4-11-20(16)29-21)22(30)28-15-7-5-6-14(12-15)23(25,26)27/h1-13H,(H,28,30). The summed E-state index contributed by atoms with van der Waals surface area (Å²) in [7, 11) is 0. The van der Waals surface area contributed by atoms with Crippen LogP contribution in [0, 0.1) is 0 Å². The van der Waals surface area contributed by atoms with Crippen molar-refractivity contribution in [1.82, 2.24) is 4.98 Å². The van der Waals surface area contributed by atoms with Gasteiger partial charge in [-0.1, -0.05) is 54.1 Å². The number of pyridine rings is 1. The molecule has 0 unspecified atom stereocenters. The molecule has 30 heavy (non-hydrogen) atoms. The van der Waals surface area contributed by atoms with Gasteiger partial charge >= 0.3 is 6.18 Å². The highest BCUT2D eigenvalue weighted by Crippen LogP contribution is 2.32. The number of hydrogen-bond acceptors (Lipinski definition) is 2. The molecule has 4 rings (SSSR count). The number of fused-ring (bicyclic) bond motifs is 1. The lowest BCUT2D eigenvalue weighted by atomic mass is 10.0. The van der Waals surface area contributed by atoms with Gasteiger partial charge in [-0.25, -0.2) is 4.98 Å². The number of nitrogens with one attached hydrogen (secondary N) is 1. The second-order valence-electron chi connectivity index (χ2n) is 6.58. The van der Waals surface area contributed by atoms with Crippen LogP contribution in [-0.2, 0) is 6.18 Å². The molecule has 1 amide bonds. The highest BCUT2D eigenvalue weighted by atomic mass is 35.5. The lowest BCUT2D eigenvalue weighted by Gasteiger charge is -2.13. The van der Waals surface area contributed by atoms with Crippen molar-refractivity contribution in [3.05, 3.63) is 95.0 Å². The van der Waals surface area contributed by atoms with Crippen molar-refractivity contribution in [2.24, 2.45) is 0 Å². The number of anilines is 1. The molecule has 0 fully saturated rings. The summed E-state index contributed by atoms with van der Waals surface area (Å²) in [5.74, 6) is -0.541. The number of para-hydroxylation sites is 1. The molecule has 1 aromatic heterocycles. The second kappa shape index (κ2) is 7.80. The van der Waals surface area contributed by atoms with E-state index in [2.05, 4.69) is 10.3 Å². The van der Waals surface area contributed by atoms with Gasteiger partial charge in [0.2, 0.25) is 0 Å². The maximum Gasteiger partial charge on any atom is 0.416 e. The van der Waals surface area contributed by atoms with Gasteiger partial charge in [0, 0.05) is 21.7 Å². The molecule has 150 valence electrons. The first-order valence-electron chi connectivity index (χ1n) is 8.96. The maximum absolute atomic E-state index is 13.0. The van der Waals surface area contributed by atoms with Gasteiger partial charge in [-0.3, -0.25) is 4.79 Å². The zero-order valence-corrected chi connectivity index (χ0v) is 16.1. The quantitative estimate of drug-likeness (QED) is 0.390. The lowest BCUT2D eigenvalue weighted by molar-refractivity contribution is -0.137. The molecule has 0 aliphatic heterocycles. The third-order valence-corrected chi connectivity index (χ3v) is 4.89. The number of rotatable bonds is 3. The number of hydrogen-bond donors (Lipinski definition) is 1. The molecule has 1 N–H and O–H groups in total. The smallest absolute Gasteiger partial charge is 0.322 e. The van der Waals surface area contributed by atoms with Crippen molar-refractivity contribution < 1.29 is 18.0 Å². The maximum atomic E-state index is 13.0. The number of nitrogens with zero attached hydrogens (tertiary/aromatic N) is 1. The van der Waals surface area contributed by atoms with E-state index in [4.69, 9.17) is 11.6 Å². The number of benzene rings is 3. The van der Waals surface area contributed by atoms with Gasteiger partial charge in [-0.15, -0.1) is 0 Å². The minimum Gasteiger partial charge on any atom is -0.322 e. The summed E-state index contributed by atoms with van der Waals surface area (Å²) in [5.41, 5.74) is 1.22. The molecule has 0 spiro atoms. The van der Waals surface area contributed by atoms with Crippen LogP contribution in [0.5, 0.6) is 0 Å². The number of halogens is 4. The van der Waals surface area contributed by atoms with E-state index in [1.165, 1.54) is 12.1 Å². The summed E-state index contributed by atoms with van der Waals surface area (Å²) in [5, 5.41) is 3.61. The summed E-state index contributed by atoms with van der Waals surface area (Å²) >= 11 is 6.28. The number of alkyl halides is 3. The third kappa shape index (κ3) is 4.00. The van der Waals surface area contributed by atoms with E-state index in [-0.39, 0.29) is 11.3 Å². The van der Waals surface area contributed by atoms with Gasteiger partial charge in [-0.2, -0.15) is 13.2 Å². The minimum absolute atomic E-state index is 0.0509. The van der Waals surface area contributed by atoms with Crippen LogP contribution in [-0.4, -0.2) is 10.9 Å². The molecule has 1 heterocycles. The average Bonchev–Trinajstić information content (AvgIpc) is 2.73. The molecular formula is C23H14ClF3N2O. The summed E-state index contributed by atoms with van der Waals surface area (Å²) in [6, 6.07) is 20.2. The lowest BCUT2D eigenvalue weighted by Crippen LogP contribution is -2.14. The summed E-state index contributed by atoms with van der Waals surface area (Å²) in [6.07, 6.45) is -4.50. The normalized spacial score (nSPS) is 11.5. The highest BCUT2D eigenvalue weighted by Gasteiger charge is 2.30. The molecule has 0 saturated heterocycles. The second-order valence-corrected chi connectivity index (χ2v) is 6.99. The Balaban J connectivity index is 1.78. The molecule has 3 aromatic carbocycles. The molecule has 3 nitrogen and oxygen atoms in total. The predicted octanol–water partition coefficient (Wildman–Crippen LogP) is 6.83. The minimum atomic E-state index is -4.50. The first-order chi connectivity index (χ1) is 14.3. The van der Waals surface area contributed by atoms with Crippen molar-refractivity contribution in [3.63, 3.8) is 0 Å². The Morgan fingerprint density at radius 1 is 0.900 bits per heavy atom. The Kier molecular flexibility index (Phi) is 5.18. The molecule has 0 saturated carbocycles. The largest absolute Gasteiger partial charge is 0.416 e. The van der Waals surface area contributed by atoms with Crippen LogP contribution in [0.4, 0.5) is 18.9 Å². The molecule has 7 heteroatoms. The molecule has 0 aliphatic carbocycles. The Hall–Kier alpha value is -3.38. The topological polar surface area (TPSA) is 42.0 Å². The van der Waals surface area contributed by atoms with Gasteiger partial charge in [0.25, 0.3) is 5.91 Å². The van der Waals surface area contributed by atoms with Crippen LogP contribution < -0.4 is 5.32 Å². The van der Waals surface area contributed by atoms with Gasteiger partial charge in [0.15, 0.2) is 0 Å². The number of aromatic nitrogens is 1. The van der Waals surface area contributed by atoms with Crippen LogP contribution in [0.1, 0.15) is 15.9 Å². The fourth-order valence-electron chi connectivity index (χ4n) is 3.14. The SMILES string of the molecule is O=C(Nc1cccc(C(F)(F)F)c1)c1cc(-c2ccccc2Cl)nc2ccccc12. The van der Waals surface area contributed by atoms with E-state index in [1.54, 1.807) is 54.6 Å². The zero-order valence-electron chi connectivity index (χ0n) is 15.4. The highest BCUT2D eigenvalue weighted by molar-refractivity contribution is 6.33. The predicted molar refractivity (Wildman–Crippen MR) is 112 cm³/mol. The van der Waals surface area contributed by atoms with Crippen LogP contribution in [0.15, 0.2) is 78.9 Å². The Morgan fingerprint density at radius 3 is 2.40 bits per heavy atom. The molecule has 0 bridgehead atoms. The van der Waals surface area contributed by atoms with Gasteiger partial charge in [0.1, 0.15) is 0 Å². The van der Waals surface area contributed by atoms with Crippen molar-refractivity contribution in [1.29, 1.82) is 0 Å². The molecule has 0 atom stereocenters.